The molecular formula is C22H24FN5O6S2. The van der Waals surface area contributed by atoms with Crippen molar-refractivity contribution in [3.63, 3.8) is 0 Å². The largest absolute Gasteiger partial charge is 0.494 e. The molecule has 36 heavy (non-hydrogen) atoms. The van der Waals surface area contributed by atoms with Gasteiger partial charge in [0, 0.05) is 49.5 Å². The van der Waals surface area contributed by atoms with Gasteiger partial charge in [-0.05, 0) is 30.3 Å². The Balaban J connectivity index is 1.76. The van der Waals surface area contributed by atoms with Gasteiger partial charge in [0.25, 0.3) is 5.91 Å². The lowest BCUT2D eigenvalue weighted by Crippen LogP contribution is -2.50. The monoisotopic (exact) mass is 537 g/mol. The molecular weight excluding hydrogens is 513 g/mol. The number of pyridine rings is 1. The fourth-order valence-corrected chi connectivity index (χ4v) is 6.20. The molecule has 0 saturated carbocycles. The first-order valence-corrected chi connectivity index (χ1v) is 14.0. The second-order valence-corrected chi connectivity index (χ2v) is 12.1. The van der Waals surface area contributed by atoms with Crippen molar-refractivity contribution >= 4 is 48.2 Å². The number of hydrogen-bond donors (Lipinski definition) is 2. The van der Waals surface area contributed by atoms with Crippen LogP contribution in [0.25, 0.3) is 10.9 Å². The van der Waals surface area contributed by atoms with Crippen molar-refractivity contribution < 1.29 is 30.8 Å². The fourth-order valence-electron chi connectivity index (χ4n) is 3.93. The van der Waals surface area contributed by atoms with E-state index in [0.29, 0.717) is 16.6 Å². The molecule has 2 aromatic carbocycles. The van der Waals surface area contributed by atoms with Gasteiger partial charge in [0.05, 0.1) is 35.0 Å². The van der Waals surface area contributed by atoms with E-state index in [1.165, 1.54) is 58.3 Å². The Morgan fingerprint density at radius 3 is 2.33 bits per heavy atom. The number of ether oxygens (including phenoxy) is 1. The normalized spacial score (nSPS) is 15.6. The highest BCUT2D eigenvalue weighted by atomic mass is 32.2. The number of carbonyl (C=O) groups is 1. The summed E-state index contributed by atoms with van der Waals surface area (Å²) in [7, 11) is -6.10. The number of amides is 1. The van der Waals surface area contributed by atoms with Crippen LogP contribution in [0.4, 0.5) is 15.8 Å². The molecule has 192 valence electrons. The van der Waals surface area contributed by atoms with E-state index in [-0.39, 0.29) is 48.1 Å². The van der Waals surface area contributed by atoms with Gasteiger partial charge in [0.1, 0.15) is 0 Å². The van der Waals surface area contributed by atoms with Gasteiger partial charge < -0.3 is 15.8 Å². The van der Waals surface area contributed by atoms with Crippen LogP contribution in [0.2, 0.25) is 0 Å². The molecule has 1 saturated heterocycles. The summed E-state index contributed by atoms with van der Waals surface area (Å²) in [5, 5.41) is 3.31. The summed E-state index contributed by atoms with van der Waals surface area (Å²) in [5.74, 6) is -1.41. The molecule has 1 aliphatic rings. The van der Waals surface area contributed by atoms with Crippen molar-refractivity contribution in [2.24, 2.45) is 5.73 Å². The predicted octanol–water partition coefficient (Wildman–Crippen LogP) is 1.49. The number of benzene rings is 2. The Bertz CT molecular complexity index is 1550. The van der Waals surface area contributed by atoms with Crippen LogP contribution in [0.1, 0.15) is 10.4 Å². The molecule has 0 aliphatic carbocycles. The number of aromatic nitrogens is 1. The number of hydrogen-bond acceptors (Lipinski definition) is 8. The highest BCUT2D eigenvalue weighted by molar-refractivity contribution is 7.89. The minimum Gasteiger partial charge on any atom is -0.494 e. The average Bonchev–Trinajstić information content (AvgIpc) is 2.84. The number of piperazine rings is 1. The van der Waals surface area contributed by atoms with Crippen LogP contribution in [-0.4, -0.2) is 75.9 Å². The lowest BCUT2D eigenvalue weighted by Gasteiger charge is -2.32. The zero-order chi connectivity index (χ0) is 26.3. The first-order chi connectivity index (χ1) is 16.9. The second-order valence-electron chi connectivity index (χ2n) is 8.13. The van der Waals surface area contributed by atoms with Crippen LogP contribution in [0.5, 0.6) is 5.75 Å². The molecule has 3 N–H and O–H groups in total. The Morgan fingerprint density at radius 2 is 1.72 bits per heavy atom. The maximum absolute atomic E-state index is 13.9. The molecule has 0 radical (unpaired) electrons. The van der Waals surface area contributed by atoms with Crippen LogP contribution in [0.15, 0.2) is 47.5 Å². The zero-order valence-electron chi connectivity index (χ0n) is 19.4. The molecule has 14 heteroatoms. The molecule has 0 spiro atoms. The van der Waals surface area contributed by atoms with Crippen LogP contribution < -0.4 is 15.8 Å². The van der Waals surface area contributed by atoms with Crippen LogP contribution >= 0.6 is 0 Å². The van der Waals surface area contributed by atoms with E-state index in [2.05, 4.69) is 10.3 Å². The van der Waals surface area contributed by atoms with Crippen molar-refractivity contribution in [3.8, 4) is 5.75 Å². The van der Waals surface area contributed by atoms with E-state index in [9.17, 15) is 26.0 Å². The number of anilines is 2. The van der Waals surface area contributed by atoms with Crippen LogP contribution in [-0.2, 0) is 20.0 Å². The first-order valence-electron chi connectivity index (χ1n) is 10.7. The number of sulfonamides is 2. The molecule has 2 heterocycles. The molecule has 0 unspecified atom stereocenters. The lowest BCUT2D eigenvalue weighted by atomic mass is 10.1. The molecule has 4 rings (SSSR count). The number of fused-ring (bicyclic) bond motifs is 1. The van der Waals surface area contributed by atoms with E-state index in [1.54, 1.807) is 0 Å². The smallest absolute Gasteiger partial charge is 0.252 e. The summed E-state index contributed by atoms with van der Waals surface area (Å²) < 4.78 is 71.6. The number of rotatable bonds is 7. The molecule has 1 amide bonds. The Kier molecular flexibility index (Phi) is 6.88. The third-order valence-corrected chi connectivity index (χ3v) is 9.03. The van der Waals surface area contributed by atoms with Gasteiger partial charge in [0.2, 0.25) is 20.0 Å². The van der Waals surface area contributed by atoms with Crippen molar-refractivity contribution in [1.29, 1.82) is 0 Å². The van der Waals surface area contributed by atoms with Crippen molar-refractivity contribution in [1.82, 2.24) is 13.6 Å². The summed E-state index contributed by atoms with van der Waals surface area (Å²) >= 11 is 0. The second kappa shape index (κ2) is 9.61. The standard InChI is InChI=1S/C22H24FN5O6S2/c1-34-20-11-14(3-5-18(20)23)26-21-16-12-15(4-6-19(16)25-13-17(21)22(24)29)36(32,33)28-9-7-27(8-10-28)35(2,30)31/h3-6,11-13H,7-10H2,1-2H3,(H2,24,29)(H,25,26). The number of nitrogens with two attached hydrogens (primary N) is 1. The van der Waals surface area contributed by atoms with Crippen molar-refractivity contribution in [3.05, 3.63) is 54.0 Å². The molecule has 0 bridgehead atoms. The number of halogens is 1. The van der Waals surface area contributed by atoms with E-state index in [0.717, 1.165) is 6.26 Å². The molecule has 1 aliphatic heterocycles. The molecule has 11 nitrogen and oxygen atoms in total. The Morgan fingerprint density at radius 1 is 1.06 bits per heavy atom. The number of carbonyl (C=O) groups excluding carboxylic acids is 1. The van der Waals surface area contributed by atoms with Gasteiger partial charge in [-0.2, -0.15) is 8.61 Å². The minimum absolute atomic E-state index is 0.00195. The zero-order valence-corrected chi connectivity index (χ0v) is 21.1. The summed E-state index contributed by atoms with van der Waals surface area (Å²) in [6.07, 6.45) is 2.35. The minimum atomic E-state index is -3.99. The first kappa shape index (κ1) is 25.8. The highest BCUT2D eigenvalue weighted by Crippen LogP contribution is 2.33. The summed E-state index contributed by atoms with van der Waals surface area (Å²) in [4.78, 5) is 16.3. The van der Waals surface area contributed by atoms with Gasteiger partial charge in [-0.25, -0.2) is 21.2 Å². The molecule has 0 atom stereocenters. The van der Waals surface area contributed by atoms with E-state index >= 15 is 0 Å². The quantitative estimate of drug-likeness (QED) is 0.460. The number of nitrogens with zero attached hydrogens (tertiary/aromatic N) is 3. The Hall–Kier alpha value is -3.33. The SMILES string of the molecule is COc1cc(Nc2c(C(N)=O)cnc3ccc(S(=O)(=O)N4CCN(S(C)(=O)=O)CC4)cc23)ccc1F. The van der Waals surface area contributed by atoms with Gasteiger partial charge in [-0.1, -0.05) is 0 Å². The molecule has 1 aromatic heterocycles. The summed E-state index contributed by atoms with van der Waals surface area (Å²) in [6.45, 7) is 0.0669. The van der Waals surface area contributed by atoms with Crippen LogP contribution in [0, 0.1) is 5.82 Å². The topological polar surface area (TPSA) is 152 Å². The van der Waals surface area contributed by atoms with Gasteiger partial charge in [-0.3, -0.25) is 9.78 Å². The number of nitrogens with one attached hydrogen (secondary N) is 1. The summed E-state index contributed by atoms with van der Waals surface area (Å²) in [6, 6.07) is 8.25. The van der Waals surface area contributed by atoms with E-state index in [4.69, 9.17) is 10.5 Å². The van der Waals surface area contributed by atoms with E-state index in [1.807, 2.05) is 0 Å². The third kappa shape index (κ3) is 4.97. The lowest BCUT2D eigenvalue weighted by molar-refractivity contribution is 0.100. The van der Waals surface area contributed by atoms with Gasteiger partial charge >= 0.3 is 0 Å². The number of primary amides is 1. The maximum Gasteiger partial charge on any atom is 0.252 e. The highest BCUT2D eigenvalue weighted by Gasteiger charge is 2.31. The molecule has 3 aromatic rings. The van der Waals surface area contributed by atoms with Crippen molar-refractivity contribution in [2.45, 2.75) is 4.90 Å². The predicted molar refractivity (Wildman–Crippen MR) is 132 cm³/mol. The van der Waals surface area contributed by atoms with E-state index < -0.39 is 31.8 Å². The maximum atomic E-state index is 13.9. The molecule has 1 fully saturated rings. The Labute approximate surface area is 207 Å². The number of methoxy groups -OCH3 is 1. The van der Waals surface area contributed by atoms with Gasteiger partial charge in [-0.15, -0.1) is 0 Å². The average molecular weight is 538 g/mol. The van der Waals surface area contributed by atoms with Crippen LogP contribution in [0.3, 0.4) is 0 Å². The summed E-state index contributed by atoms with van der Waals surface area (Å²) in [5.41, 5.74) is 6.50. The van der Waals surface area contributed by atoms with Gasteiger partial charge in [0.15, 0.2) is 11.6 Å². The van der Waals surface area contributed by atoms with Crippen molar-refractivity contribution in [2.75, 3.05) is 44.9 Å². The fraction of sp³-hybridized carbons (Fsp3) is 0.273. The third-order valence-electron chi connectivity index (χ3n) is 5.83.